The molecule has 1 saturated carbocycles. The van der Waals surface area contributed by atoms with Crippen molar-refractivity contribution in [3.05, 3.63) is 33.8 Å². The lowest BCUT2D eigenvalue weighted by molar-refractivity contribution is -0.136. The van der Waals surface area contributed by atoms with E-state index in [4.69, 9.17) is 23.2 Å². The molecule has 1 amide bonds. The van der Waals surface area contributed by atoms with Crippen LogP contribution < -0.4 is 0 Å². The lowest BCUT2D eigenvalue weighted by atomic mass is 9.91. The van der Waals surface area contributed by atoms with E-state index in [1.807, 2.05) is 17.0 Å². The van der Waals surface area contributed by atoms with Crippen molar-refractivity contribution in [3.8, 4) is 0 Å². The Labute approximate surface area is 141 Å². The van der Waals surface area contributed by atoms with Crippen LogP contribution in [0.3, 0.4) is 0 Å². The van der Waals surface area contributed by atoms with Gasteiger partial charge < -0.3 is 10.0 Å². The number of rotatable bonds is 3. The molecular formula is C17H21Cl2NO2. The van der Waals surface area contributed by atoms with E-state index in [2.05, 4.69) is 0 Å². The lowest BCUT2D eigenvalue weighted by Crippen LogP contribution is -2.46. The highest BCUT2D eigenvalue weighted by molar-refractivity contribution is 6.35. The molecule has 5 heteroatoms. The van der Waals surface area contributed by atoms with Gasteiger partial charge in [-0.2, -0.15) is 0 Å². The molecule has 0 aromatic heterocycles. The molecule has 3 atom stereocenters. The zero-order valence-corrected chi connectivity index (χ0v) is 14.0. The molecule has 3 rings (SSSR count). The van der Waals surface area contributed by atoms with Crippen molar-refractivity contribution >= 4 is 29.1 Å². The average molecular weight is 342 g/mol. The predicted octanol–water partition coefficient (Wildman–Crippen LogP) is 3.69. The van der Waals surface area contributed by atoms with Crippen LogP contribution in [0.4, 0.5) is 0 Å². The Morgan fingerprint density at radius 2 is 1.95 bits per heavy atom. The van der Waals surface area contributed by atoms with E-state index in [1.165, 1.54) is 0 Å². The molecule has 0 spiro atoms. The number of benzene rings is 1. The maximum Gasteiger partial charge on any atom is 0.226 e. The molecule has 1 aromatic rings. The van der Waals surface area contributed by atoms with Gasteiger partial charge in [0.15, 0.2) is 0 Å². The first-order chi connectivity index (χ1) is 10.6. The Morgan fingerprint density at radius 1 is 1.18 bits per heavy atom. The van der Waals surface area contributed by atoms with E-state index in [9.17, 15) is 9.90 Å². The molecule has 2 aliphatic rings. The second-order valence-electron chi connectivity index (χ2n) is 6.38. The number of carbonyl (C=O) groups excluding carboxylic acids is 1. The summed E-state index contributed by atoms with van der Waals surface area (Å²) in [7, 11) is 0. The van der Waals surface area contributed by atoms with Crippen LogP contribution >= 0.6 is 23.2 Å². The summed E-state index contributed by atoms with van der Waals surface area (Å²) in [5.74, 6) is 0.129. The van der Waals surface area contributed by atoms with Gasteiger partial charge in [0.1, 0.15) is 0 Å². The minimum absolute atomic E-state index is 0.00643. The highest BCUT2D eigenvalue weighted by atomic mass is 35.5. The molecule has 2 fully saturated rings. The van der Waals surface area contributed by atoms with Crippen molar-refractivity contribution in [1.29, 1.82) is 0 Å². The third kappa shape index (κ3) is 3.27. The van der Waals surface area contributed by atoms with Gasteiger partial charge in [-0.15, -0.1) is 0 Å². The van der Waals surface area contributed by atoms with Gasteiger partial charge in [0.05, 0.1) is 12.1 Å². The van der Waals surface area contributed by atoms with Gasteiger partial charge in [-0.3, -0.25) is 4.79 Å². The molecule has 1 heterocycles. The van der Waals surface area contributed by atoms with Gasteiger partial charge in [0.25, 0.3) is 0 Å². The zero-order valence-electron chi connectivity index (χ0n) is 12.5. The summed E-state index contributed by atoms with van der Waals surface area (Å²) in [4.78, 5) is 14.6. The number of nitrogens with zero attached hydrogens (tertiary/aromatic N) is 1. The van der Waals surface area contributed by atoms with Crippen LogP contribution in [0, 0.1) is 5.92 Å². The van der Waals surface area contributed by atoms with E-state index in [0.717, 1.165) is 44.2 Å². The van der Waals surface area contributed by atoms with Crippen molar-refractivity contribution in [2.24, 2.45) is 5.92 Å². The summed E-state index contributed by atoms with van der Waals surface area (Å²) < 4.78 is 0. The number of hydrogen-bond donors (Lipinski definition) is 1. The smallest absolute Gasteiger partial charge is 0.226 e. The van der Waals surface area contributed by atoms with Crippen molar-refractivity contribution in [1.82, 2.24) is 4.90 Å². The van der Waals surface area contributed by atoms with Crippen LogP contribution in [-0.2, 0) is 11.2 Å². The van der Waals surface area contributed by atoms with Gasteiger partial charge in [-0.1, -0.05) is 42.1 Å². The fraction of sp³-hybridized carbons (Fsp3) is 0.588. The summed E-state index contributed by atoms with van der Waals surface area (Å²) in [6.45, 7) is 0.746. The number of carbonyl (C=O) groups is 1. The van der Waals surface area contributed by atoms with Crippen molar-refractivity contribution in [2.75, 3.05) is 6.54 Å². The van der Waals surface area contributed by atoms with Crippen molar-refractivity contribution < 1.29 is 9.90 Å². The van der Waals surface area contributed by atoms with Gasteiger partial charge in [0.2, 0.25) is 5.91 Å². The summed E-state index contributed by atoms with van der Waals surface area (Å²) in [5, 5.41) is 11.4. The molecular weight excluding hydrogens is 321 g/mol. The van der Waals surface area contributed by atoms with E-state index >= 15 is 0 Å². The lowest BCUT2D eigenvalue weighted by Gasteiger charge is -2.35. The first-order valence-electron chi connectivity index (χ1n) is 7.98. The number of aliphatic hydroxyl groups excluding tert-OH is 1. The zero-order chi connectivity index (χ0) is 15.7. The molecule has 0 radical (unpaired) electrons. The predicted molar refractivity (Wildman–Crippen MR) is 88.2 cm³/mol. The van der Waals surface area contributed by atoms with Crippen LogP contribution in [0.5, 0.6) is 0 Å². The van der Waals surface area contributed by atoms with Gasteiger partial charge in [0, 0.05) is 22.5 Å². The van der Waals surface area contributed by atoms with Gasteiger partial charge in [-0.05, 0) is 43.4 Å². The minimum Gasteiger partial charge on any atom is -0.391 e. The van der Waals surface area contributed by atoms with E-state index in [1.54, 1.807) is 6.07 Å². The molecule has 1 saturated heterocycles. The van der Waals surface area contributed by atoms with Crippen molar-refractivity contribution in [3.63, 3.8) is 0 Å². The summed E-state index contributed by atoms with van der Waals surface area (Å²) in [6.07, 6.45) is 5.00. The van der Waals surface area contributed by atoms with E-state index in [0.29, 0.717) is 16.5 Å². The Hall–Kier alpha value is -0.770. The van der Waals surface area contributed by atoms with E-state index in [-0.39, 0.29) is 24.0 Å². The Morgan fingerprint density at radius 3 is 2.68 bits per heavy atom. The molecule has 1 aliphatic heterocycles. The Balaban J connectivity index is 1.68. The summed E-state index contributed by atoms with van der Waals surface area (Å²) in [5.41, 5.74) is 0.968. The first kappa shape index (κ1) is 16.1. The van der Waals surface area contributed by atoms with Gasteiger partial charge >= 0.3 is 0 Å². The molecule has 120 valence electrons. The number of aliphatic hydroxyl groups is 1. The standard InChI is InChI=1S/C17H21Cl2NO2/c18-13-6-5-11(14(19)10-13)9-12-7-8-20(17(12)22)15-3-1-2-4-16(15)21/h5-6,10,12,15-16,21H,1-4,7-9H2/t12?,15-,16+/m1/s1. The molecule has 3 nitrogen and oxygen atoms in total. The summed E-state index contributed by atoms with van der Waals surface area (Å²) in [6, 6.07) is 5.44. The fourth-order valence-corrected chi connectivity index (χ4v) is 4.18. The van der Waals surface area contributed by atoms with Crippen LogP contribution in [-0.4, -0.2) is 34.6 Å². The Bertz CT molecular complexity index is 564. The van der Waals surface area contributed by atoms with Gasteiger partial charge in [-0.25, -0.2) is 0 Å². The van der Waals surface area contributed by atoms with Crippen LogP contribution in [0.2, 0.25) is 10.0 Å². The average Bonchev–Trinajstić information content (AvgIpc) is 2.84. The normalized spacial score (nSPS) is 29.1. The summed E-state index contributed by atoms with van der Waals surface area (Å²) >= 11 is 12.1. The molecule has 1 aliphatic carbocycles. The molecule has 22 heavy (non-hydrogen) atoms. The quantitative estimate of drug-likeness (QED) is 0.910. The minimum atomic E-state index is -0.365. The second-order valence-corrected chi connectivity index (χ2v) is 7.22. The maximum atomic E-state index is 12.7. The highest BCUT2D eigenvalue weighted by Crippen LogP contribution is 2.32. The molecule has 1 unspecified atom stereocenters. The largest absolute Gasteiger partial charge is 0.391 e. The number of likely N-dealkylation sites (tertiary alicyclic amines) is 1. The molecule has 0 bridgehead atoms. The van der Waals surface area contributed by atoms with Crippen LogP contribution in [0.1, 0.15) is 37.7 Å². The van der Waals surface area contributed by atoms with Crippen LogP contribution in [0.15, 0.2) is 18.2 Å². The number of hydrogen-bond acceptors (Lipinski definition) is 2. The monoisotopic (exact) mass is 341 g/mol. The number of halogens is 2. The number of amides is 1. The second kappa shape index (κ2) is 6.77. The Kier molecular flexibility index (Phi) is 4.96. The third-order valence-electron chi connectivity index (χ3n) is 4.93. The maximum absolute atomic E-state index is 12.7. The SMILES string of the molecule is O=C1C(Cc2ccc(Cl)cc2Cl)CCN1[C@@H]1CCCC[C@@H]1O. The molecule has 1 aromatic carbocycles. The topological polar surface area (TPSA) is 40.5 Å². The highest BCUT2D eigenvalue weighted by Gasteiger charge is 2.39. The van der Waals surface area contributed by atoms with Crippen LogP contribution in [0.25, 0.3) is 0 Å². The fourth-order valence-electron chi connectivity index (χ4n) is 3.69. The van der Waals surface area contributed by atoms with E-state index < -0.39 is 0 Å². The first-order valence-corrected chi connectivity index (χ1v) is 8.74. The van der Waals surface area contributed by atoms with Crippen molar-refractivity contribution in [2.45, 2.75) is 50.7 Å². The third-order valence-corrected chi connectivity index (χ3v) is 5.51. The molecule has 1 N–H and O–H groups in total.